The summed E-state index contributed by atoms with van der Waals surface area (Å²) in [7, 11) is 0. The quantitative estimate of drug-likeness (QED) is 0.650. The molecule has 0 fully saturated rings. The predicted octanol–water partition coefficient (Wildman–Crippen LogP) is 4.23. The van der Waals surface area contributed by atoms with E-state index in [0.717, 1.165) is 25.7 Å². The van der Waals surface area contributed by atoms with E-state index in [-0.39, 0.29) is 6.10 Å². The molecule has 0 amide bonds. The van der Waals surface area contributed by atoms with Gasteiger partial charge in [0.05, 0.1) is 6.10 Å². The molecule has 1 unspecified atom stereocenters. The minimum absolute atomic E-state index is 0.175. The third-order valence-corrected chi connectivity index (χ3v) is 2.74. The lowest BCUT2D eigenvalue weighted by molar-refractivity contribution is 0.185. The second kappa shape index (κ2) is 7.70. The van der Waals surface area contributed by atoms with Gasteiger partial charge in [0.15, 0.2) is 0 Å². The van der Waals surface area contributed by atoms with Gasteiger partial charge < -0.3 is 5.11 Å². The average molecular weight is 210 g/mol. The lowest BCUT2D eigenvalue weighted by Crippen LogP contribution is -1.99. The fourth-order valence-electron chi connectivity index (χ4n) is 1.43. The highest BCUT2D eigenvalue weighted by Crippen LogP contribution is 2.16. The zero-order chi connectivity index (χ0) is 11.8. The van der Waals surface area contributed by atoms with E-state index in [2.05, 4.69) is 33.8 Å². The second-order valence-corrected chi connectivity index (χ2v) is 4.77. The predicted molar refractivity (Wildman–Crippen MR) is 68.0 cm³/mol. The van der Waals surface area contributed by atoms with E-state index >= 15 is 0 Å². The summed E-state index contributed by atoms with van der Waals surface area (Å²) in [5.41, 5.74) is 4.32. The minimum Gasteiger partial charge on any atom is -0.393 e. The van der Waals surface area contributed by atoms with Crippen LogP contribution in [-0.4, -0.2) is 11.2 Å². The molecule has 1 nitrogen and oxygen atoms in total. The number of allylic oxidation sites excluding steroid dienone is 4. The summed E-state index contributed by atoms with van der Waals surface area (Å²) >= 11 is 0. The summed E-state index contributed by atoms with van der Waals surface area (Å²) in [6.45, 7) is 10.5. The molecule has 0 bridgehead atoms. The minimum atomic E-state index is -0.175. The highest BCUT2D eigenvalue weighted by Gasteiger charge is 2.00. The highest BCUT2D eigenvalue weighted by atomic mass is 16.3. The molecule has 0 aromatic heterocycles. The molecule has 15 heavy (non-hydrogen) atoms. The Morgan fingerprint density at radius 1 is 1.07 bits per heavy atom. The van der Waals surface area contributed by atoms with Crippen LogP contribution in [0.15, 0.2) is 22.8 Å². The van der Waals surface area contributed by atoms with Gasteiger partial charge in [-0.15, -0.1) is 0 Å². The summed E-state index contributed by atoms with van der Waals surface area (Å²) in [4.78, 5) is 0. The maximum atomic E-state index is 9.20. The Bertz CT molecular complexity index is 230. The lowest BCUT2D eigenvalue weighted by Gasteiger charge is -2.08. The van der Waals surface area contributed by atoms with Crippen LogP contribution in [0.5, 0.6) is 0 Å². The van der Waals surface area contributed by atoms with Gasteiger partial charge in [0.1, 0.15) is 0 Å². The van der Waals surface area contributed by atoms with E-state index in [0.29, 0.717) is 0 Å². The molecule has 88 valence electrons. The smallest absolute Gasteiger partial charge is 0.0515 e. The van der Waals surface area contributed by atoms with Crippen molar-refractivity contribution < 1.29 is 5.11 Å². The zero-order valence-electron chi connectivity index (χ0n) is 10.9. The summed E-state index contributed by atoms with van der Waals surface area (Å²) in [5.74, 6) is 0. The van der Waals surface area contributed by atoms with Gasteiger partial charge in [-0.3, -0.25) is 0 Å². The maximum Gasteiger partial charge on any atom is 0.0515 e. The van der Waals surface area contributed by atoms with E-state index in [1.165, 1.54) is 16.7 Å². The van der Waals surface area contributed by atoms with Crippen molar-refractivity contribution in [2.45, 2.75) is 66.4 Å². The number of hydrogen-bond acceptors (Lipinski definition) is 1. The van der Waals surface area contributed by atoms with E-state index in [1.807, 2.05) is 6.92 Å². The first-order valence-corrected chi connectivity index (χ1v) is 5.90. The number of aliphatic hydroxyl groups excluding tert-OH is 1. The summed E-state index contributed by atoms with van der Waals surface area (Å²) in [6.07, 6.45) is 6.30. The molecular weight excluding hydrogens is 184 g/mol. The van der Waals surface area contributed by atoms with Gasteiger partial charge in [-0.05, 0) is 60.3 Å². The summed E-state index contributed by atoms with van der Waals surface area (Å²) in [5, 5.41) is 9.20. The monoisotopic (exact) mass is 210 g/mol. The van der Waals surface area contributed by atoms with Gasteiger partial charge in [-0.1, -0.05) is 22.8 Å². The first kappa shape index (κ1) is 14.4. The van der Waals surface area contributed by atoms with Crippen LogP contribution in [0, 0.1) is 0 Å². The van der Waals surface area contributed by atoms with Crippen molar-refractivity contribution in [2.24, 2.45) is 0 Å². The van der Waals surface area contributed by atoms with Gasteiger partial charge in [0, 0.05) is 0 Å². The van der Waals surface area contributed by atoms with Gasteiger partial charge in [-0.25, -0.2) is 0 Å². The Kier molecular flexibility index (Phi) is 7.41. The molecule has 0 aromatic rings. The summed E-state index contributed by atoms with van der Waals surface area (Å²) < 4.78 is 0. The van der Waals surface area contributed by atoms with Crippen LogP contribution in [0.25, 0.3) is 0 Å². The molecule has 0 aromatic carbocycles. The Labute approximate surface area is 94.9 Å². The molecule has 0 saturated heterocycles. The lowest BCUT2D eigenvalue weighted by atomic mass is 10.0. The van der Waals surface area contributed by atoms with E-state index in [4.69, 9.17) is 0 Å². The zero-order valence-corrected chi connectivity index (χ0v) is 10.9. The summed E-state index contributed by atoms with van der Waals surface area (Å²) in [6, 6.07) is 0. The van der Waals surface area contributed by atoms with Crippen LogP contribution in [0.1, 0.15) is 60.3 Å². The van der Waals surface area contributed by atoms with Crippen LogP contribution in [0.3, 0.4) is 0 Å². The van der Waals surface area contributed by atoms with E-state index in [9.17, 15) is 5.11 Å². The van der Waals surface area contributed by atoms with Crippen molar-refractivity contribution >= 4 is 0 Å². The first-order chi connectivity index (χ1) is 6.93. The number of aliphatic hydroxyl groups is 1. The molecule has 0 heterocycles. The average Bonchev–Trinajstić information content (AvgIpc) is 2.13. The van der Waals surface area contributed by atoms with Crippen molar-refractivity contribution in [1.29, 1.82) is 0 Å². The first-order valence-electron chi connectivity index (χ1n) is 5.90. The van der Waals surface area contributed by atoms with Gasteiger partial charge in [0.2, 0.25) is 0 Å². The van der Waals surface area contributed by atoms with E-state index in [1.54, 1.807) is 0 Å². The molecule has 0 aliphatic heterocycles. The Balaban J connectivity index is 3.97. The molecule has 0 saturated carbocycles. The third-order valence-electron chi connectivity index (χ3n) is 2.74. The molecule has 0 aliphatic carbocycles. The van der Waals surface area contributed by atoms with Crippen molar-refractivity contribution in [3.05, 3.63) is 22.8 Å². The standard InChI is InChI=1S/C14H26O/c1-11(2)7-6-8-12(3)13(4)9-10-14(5)15/h7,14-15H,6,8-10H2,1-5H3/b13-12-. The highest BCUT2D eigenvalue weighted by molar-refractivity contribution is 5.10. The molecule has 1 heteroatoms. The van der Waals surface area contributed by atoms with Crippen LogP contribution in [-0.2, 0) is 0 Å². The van der Waals surface area contributed by atoms with Crippen molar-refractivity contribution in [3.63, 3.8) is 0 Å². The van der Waals surface area contributed by atoms with Gasteiger partial charge in [-0.2, -0.15) is 0 Å². The molecule has 0 spiro atoms. The van der Waals surface area contributed by atoms with Crippen LogP contribution < -0.4 is 0 Å². The van der Waals surface area contributed by atoms with Crippen LogP contribution >= 0.6 is 0 Å². The number of hydrogen-bond donors (Lipinski definition) is 1. The largest absolute Gasteiger partial charge is 0.393 e. The molecule has 1 atom stereocenters. The van der Waals surface area contributed by atoms with Gasteiger partial charge >= 0.3 is 0 Å². The normalized spacial score (nSPS) is 14.5. The van der Waals surface area contributed by atoms with Gasteiger partial charge in [0.25, 0.3) is 0 Å². The van der Waals surface area contributed by atoms with Crippen LogP contribution in [0.2, 0.25) is 0 Å². The Morgan fingerprint density at radius 3 is 2.07 bits per heavy atom. The maximum absolute atomic E-state index is 9.20. The second-order valence-electron chi connectivity index (χ2n) is 4.77. The molecule has 1 N–H and O–H groups in total. The molecular formula is C14H26O. The van der Waals surface area contributed by atoms with Crippen molar-refractivity contribution in [1.82, 2.24) is 0 Å². The number of rotatable bonds is 6. The van der Waals surface area contributed by atoms with E-state index < -0.39 is 0 Å². The fraction of sp³-hybridized carbons (Fsp3) is 0.714. The molecule has 0 radical (unpaired) electrons. The third kappa shape index (κ3) is 8.44. The Morgan fingerprint density at radius 2 is 1.60 bits per heavy atom. The topological polar surface area (TPSA) is 20.2 Å². The SMILES string of the molecule is CC(C)=CCC/C(C)=C(/C)CCC(C)O. The Hall–Kier alpha value is -0.560. The van der Waals surface area contributed by atoms with Crippen molar-refractivity contribution in [3.8, 4) is 0 Å². The van der Waals surface area contributed by atoms with Crippen LogP contribution in [0.4, 0.5) is 0 Å². The molecule has 0 aliphatic rings. The molecule has 0 rings (SSSR count). The fourth-order valence-corrected chi connectivity index (χ4v) is 1.43. The van der Waals surface area contributed by atoms with Crippen molar-refractivity contribution in [2.75, 3.05) is 0 Å².